The molecule has 0 saturated heterocycles. The van der Waals surface area contributed by atoms with Gasteiger partial charge in [-0.25, -0.2) is 8.78 Å². The first-order chi connectivity index (χ1) is 6.75. The van der Waals surface area contributed by atoms with Crippen LogP contribution in [0.3, 0.4) is 0 Å². The molecule has 0 aromatic heterocycles. The molecule has 0 spiro atoms. The quantitative estimate of drug-likeness (QED) is 0.785. The van der Waals surface area contributed by atoms with Crippen molar-refractivity contribution in [2.75, 3.05) is 0 Å². The second kappa shape index (κ2) is 4.05. The molecule has 0 unspecified atom stereocenters. The molecule has 1 aliphatic rings. The van der Waals surface area contributed by atoms with E-state index in [9.17, 15) is 8.78 Å². The standard InChI is InChI=1S/C11H13F2N/c12-10-5-4-8(6-11(10)13)7-14-9-2-1-3-9/h4-6,9,14H,1-3,7H2. The first-order valence-corrected chi connectivity index (χ1v) is 4.93. The van der Waals surface area contributed by atoms with E-state index in [2.05, 4.69) is 5.32 Å². The van der Waals surface area contributed by atoms with Crippen LogP contribution < -0.4 is 5.32 Å². The number of rotatable bonds is 3. The van der Waals surface area contributed by atoms with Gasteiger partial charge in [-0.2, -0.15) is 0 Å². The molecule has 3 heteroatoms. The maximum Gasteiger partial charge on any atom is 0.159 e. The van der Waals surface area contributed by atoms with Crippen molar-refractivity contribution in [3.8, 4) is 0 Å². The Morgan fingerprint density at radius 2 is 2.00 bits per heavy atom. The number of hydrogen-bond acceptors (Lipinski definition) is 1. The summed E-state index contributed by atoms with van der Waals surface area (Å²) < 4.78 is 25.4. The van der Waals surface area contributed by atoms with Crippen molar-refractivity contribution in [1.82, 2.24) is 5.32 Å². The number of hydrogen-bond donors (Lipinski definition) is 1. The van der Waals surface area contributed by atoms with Gasteiger partial charge in [0.1, 0.15) is 0 Å². The van der Waals surface area contributed by atoms with Crippen molar-refractivity contribution in [3.63, 3.8) is 0 Å². The van der Waals surface area contributed by atoms with Gasteiger partial charge in [-0.15, -0.1) is 0 Å². The molecule has 76 valence electrons. The van der Waals surface area contributed by atoms with Gasteiger partial charge in [-0.05, 0) is 30.5 Å². The maximum atomic E-state index is 12.8. The summed E-state index contributed by atoms with van der Waals surface area (Å²) in [6, 6.07) is 4.61. The summed E-state index contributed by atoms with van der Waals surface area (Å²) in [5.74, 6) is -1.55. The molecule has 0 amide bonds. The number of benzene rings is 1. The van der Waals surface area contributed by atoms with Gasteiger partial charge in [0, 0.05) is 12.6 Å². The van der Waals surface area contributed by atoms with Crippen LogP contribution in [0.1, 0.15) is 24.8 Å². The zero-order valence-electron chi connectivity index (χ0n) is 7.89. The first-order valence-electron chi connectivity index (χ1n) is 4.93. The lowest BCUT2D eigenvalue weighted by atomic mass is 9.93. The zero-order chi connectivity index (χ0) is 9.97. The number of nitrogens with one attached hydrogen (secondary N) is 1. The molecule has 1 fully saturated rings. The molecule has 1 nitrogen and oxygen atoms in total. The summed E-state index contributed by atoms with van der Waals surface area (Å²) in [6.07, 6.45) is 3.67. The summed E-state index contributed by atoms with van der Waals surface area (Å²) in [4.78, 5) is 0. The van der Waals surface area contributed by atoms with Gasteiger partial charge in [0.2, 0.25) is 0 Å². The molecule has 0 atom stereocenters. The van der Waals surface area contributed by atoms with Crippen molar-refractivity contribution in [2.24, 2.45) is 0 Å². The van der Waals surface area contributed by atoms with Crippen LogP contribution in [0.2, 0.25) is 0 Å². The van der Waals surface area contributed by atoms with Crippen LogP contribution in [0.5, 0.6) is 0 Å². The number of halogens is 2. The van der Waals surface area contributed by atoms with Crippen molar-refractivity contribution in [1.29, 1.82) is 0 Å². The van der Waals surface area contributed by atoms with E-state index in [1.54, 1.807) is 6.07 Å². The normalized spacial score (nSPS) is 16.7. The van der Waals surface area contributed by atoms with E-state index in [1.165, 1.54) is 31.4 Å². The predicted octanol–water partition coefficient (Wildman–Crippen LogP) is 2.61. The van der Waals surface area contributed by atoms with Gasteiger partial charge in [-0.1, -0.05) is 12.5 Å². The van der Waals surface area contributed by atoms with E-state index < -0.39 is 11.6 Å². The van der Waals surface area contributed by atoms with Crippen LogP contribution in [0.25, 0.3) is 0 Å². The van der Waals surface area contributed by atoms with Gasteiger partial charge in [0.05, 0.1) is 0 Å². The molecular weight excluding hydrogens is 184 g/mol. The van der Waals surface area contributed by atoms with E-state index in [-0.39, 0.29) is 0 Å². The Bertz CT molecular complexity index is 321. The van der Waals surface area contributed by atoms with E-state index >= 15 is 0 Å². The van der Waals surface area contributed by atoms with Gasteiger partial charge in [0.15, 0.2) is 11.6 Å². The van der Waals surface area contributed by atoms with Gasteiger partial charge in [0.25, 0.3) is 0 Å². The molecule has 0 aliphatic heterocycles. The highest BCUT2D eigenvalue weighted by molar-refractivity contribution is 5.17. The van der Waals surface area contributed by atoms with E-state index in [1.807, 2.05) is 0 Å². The Balaban J connectivity index is 1.91. The van der Waals surface area contributed by atoms with Crippen molar-refractivity contribution in [3.05, 3.63) is 35.4 Å². The molecule has 14 heavy (non-hydrogen) atoms. The highest BCUT2D eigenvalue weighted by Gasteiger charge is 2.16. The van der Waals surface area contributed by atoms with E-state index in [0.717, 1.165) is 5.56 Å². The Morgan fingerprint density at radius 1 is 1.21 bits per heavy atom. The zero-order valence-corrected chi connectivity index (χ0v) is 7.89. The Labute approximate surface area is 82.1 Å². The molecule has 0 radical (unpaired) electrons. The van der Waals surface area contributed by atoms with Crippen LogP contribution in [0.15, 0.2) is 18.2 Å². The summed E-state index contributed by atoms with van der Waals surface area (Å²) in [5.41, 5.74) is 0.802. The summed E-state index contributed by atoms with van der Waals surface area (Å²) in [7, 11) is 0. The molecular formula is C11H13F2N. The Morgan fingerprint density at radius 3 is 2.57 bits per heavy atom. The summed E-state index contributed by atoms with van der Waals surface area (Å²) in [5, 5.41) is 3.29. The van der Waals surface area contributed by atoms with Crippen molar-refractivity contribution >= 4 is 0 Å². The fourth-order valence-corrected chi connectivity index (χ4v) is 1.52. The molecule has 1 saturated carbocycles. The van der Waals surface area contributed by atoms with Gasteiger partial charge < -0.3 is 5.32 Å². The highest BCUT2D eigenvalue weighted by Crippen LogP contribution is 2.18. The summed E-state index contributed by atoms with van der Waals surface area (Å²) in [6.45, 7) is 0.627. The van der Waals surface area contributed by atoms with Crippen molar-refractivity contribution < 1.29 is 8.78 Å². The minimum Gasteiger partial charge on any atom is -0.310 e. The third-order valence-electron chi connectivity index (χ3n) is 2.68. The second-order valence-electron chi connectivity index (χ2n) is 3.76. The largest absolute Gasteiger partial charge is 0.310 e. The maximum absolute atomic E-state index is 12.8. The van der Waals surface area contributed by atoms with Crippen LogP contribution in [0.4, 0.5) is 8.78 Å². The molecule has 1 aliphatic carbocycles. The molecule has 1 N–H and O–H groups in total. The van der Waals surface area contributed by atoms with Crippen LogP contribution in [-0.4, -0.2) is 6.04 Å². The fourth-order valence-electron chi connectivity index (χ4n) is 1.52. The monoisotopic (exact) mass is 197 g/mol. The van der Waals surface area contributed by atoms with Gasteiger partial charge in [-0.3, -0.25) is 0 Å². The molecule has 1 aromatic rings. The molecule has 0 bridgehead atoms. The average molecular weight is 197 g/mol. The third kappa shape index (κ3) is 2.10. The lowest BCUT2D eigenvalue weighted by Crippen LogP contribution is -2.34. The Hall–Kier alpha value is -0.960. The van der Waals surface area contributed by atoms with Crippen LogP contribution in [-0.2, 0) is 6.54 Å². The average Bonchev–Trinajstić information content (AvgIpc) is 2.08. The molecule has 1 aromatic carbocycles. The molecule has 0 heterocycles. The third-order valence-corrected chi connectivity index (χ3v) is 2.68. The smallest absolute Gasteiger partial charge is 0.159 e. The Kier molecular flexibility index (Phi) is 2.77. The topological polar surface area (TPSA) is 12.0 Å². The second-order valence-corrected chi connectivity index (χ2v) is 3.76. The highest BCUT2D eigenvalue weighted by atomic mass is 19.2. The van der Waals surface area contributed by atoms with Crippen LogP contribution in [0, 0.1) is 11.6 Å². The predicted molar refractivity (Wildman–Crippen MR) is 50.8 cm³/mol. The molecule has 2 rings (SSSR count). The first kappa shape index (κ1) is 9.59. The van der Waals surface area contributed by atoms with E-state index in [4.69, 9.17) is 0 Å². The SMILES string of the molecule is Fc1ccc(CNC2CCC2)cc1F. The van der Waals surface area contributed by atoms with E-state index in [0.29, 0.717) is 12.6 Å². The van der Waals surface area contributed by atoms with Crippen LogP contribution >= 0.6 is 0 Å². The van der Waals surface area contributed by atoms with Gasteiger partial charge >= 0.3 is 0 Å². The lowest BCUT2D eigenvalue weighted by molar-refractivity contribution is 0.338. The minimum absolute atomic E-state index is 0.572. The minimum atomic E-state index is -0.780. The summed E-state index contributed by atoms with van der Waals surface area (Å²) >= 11 is 0. The fraction of sp³-hybridized carbons (Fsp3) is 0.455. The van der Waals surface area contributed by atoms with Crippen molar-refractivity contribution in [2.45, 2.75) is 31.8 Å². The lowest BCUT2D eigenvalue weighted by Gasteiger charge is -2.26.